The maximum Gasteiger partial charge on any atom is 0.410 e. The van der Waals surface area contributed by atoms with Crippen LogP contribution in [0.3, 0.4) is 0 Å². The predicted octanol–water partition coefficient (Wildman–Crippen LogP) is 4.32. The fourth-order valence-corrected chi connectivity index (χ4v) is 5.65. The summed E-state index contributed by atoms with van der Waals surface area (Å²) in [6, 6.07) is 5.44. The fourth-order valence-electron chi connectivity index (χ4n) is 5.65. The molecule has 6 nitrogen and oxygen atoms in total. The molecule has 2 heterocycles. The molecule has 5 rings (SSSR count). The minimum absolute atomic E-state index is 0.0581. The molecule has 0 spiro atoms. The highest BCUT2D eigenvalue weighted by atomic mass is 19.1. The number of nitrogens with zero attached hydrogens (tertiary/aromatic N) is 3. The minimum Gasteiger partial charge on any atom is -0.444 e. The van der Waals surface area contributed by atoms with Crippen molar-refractivity contribution in [1.29, 1.82) is 0 Å². The van der Waals surface area contributed by atoms with E-state index in [4.69, 9.17) is 4.74 Å². The molecule has 1 aromatic heterocycles. The second-order valence-electron chi connectivity index (χ2n) is 10.2. The predicted molar refractivity (Wildman–Crippen MR) is 120 cm³/mol. The zero-order chi connectivity index (χ0) is 23.5. The van der Waals surface area contributed by atoms with Gasteiger partial charge in [0.05, 0.1) is 22.4 Å². The average molecular weight is 455 g/mol. The molecular formula is C25H28F2N4O2. The molecule has 0 radical (unpaired) electrons. The third kappa shape index (κ3) is 3.42. The van der Waals surface area contributed by atoms with Gasteiger partial charge < -0.3 is 15.0 Å². The lowest BCUT2D eigenvalue weighted by molar-refractivity contribution is 0.0169. The molecule has 3 aliphatic rings. The standard InChI is InChI=1S/C25H28F2N4O2/c1-14-15-8-9-25(14,20-13-31(11-10-28-20)23(32)33-24(2,3)4)22-16(15)12-19(29-30-22)21-17(26)6-5-7-18(21)27/h5-7,12,15,20,28H,1,8-11,13H2,2-4H3/t15-,20+,25+/m1/s1. The molecular weight excluding hydrogens is 426 g/mol. The Labute approximate surface area is 192 Å². The largest absolute Gasteiger partial charge is 0.444 e. The second-order valence-corrected chi connectivity index (χ2v) is 10.2. The van der Waals surface area contributed by atoms with Crippen molar-refractivity contribution in [3.05, 3.63) is 59.3 Å². The number of amides is 1. The first-order valence-electron chi connectivity index (χ1n) is 11.3. The summed E-state index contributed by atoms with van der Waals surface area (Å²) in [5, 5.41) is 12.3. The number of nitrogens with one attached hydrogen (secondary N) is 1. The van der Waals surface area contributed by atoms with Gasteiger partial charge in [-0.25, -0.2) is 13.6 Å². The van der Waals surface area contributed by atoms with E-state index in [1.807, 2.05) is 20.8 Å². The number of aromatic nitrogens is 2. The molecule has 1 aromatic carbocycles. The number of hydrogen-bond donors (Lipinski definition) is 1. The fraction of sp³-hybridized carbons (Fsp3) is 0.480. The number of ether oxygens (including phenoxy) is 1. The third-order valence-corrected chi connectivity index (χ3v) is 7.08. The number of halogens is 2. The van der Waals surface area contributed by atoms with Crippen LogP contribution in [0.1, 0.15) is 50.8 Å². The van der Waals surface area contributed by atoms with E-state index >= 15 is 0 Å². The van der Waals surface area contributed by atoms with Crippen molar-refractivity contribution in [3.63, 3.8) is 0 Å². The van der Waals surface area contributed by atoms with Gasteiger partial charge in [0, 0.05) is 31.6 Å². The first-order valence-corrected chi connectivity index (χ1v) is 11.3. The lowest BCUT2D eigenvalue weighted by atomic mass is 9.74. The van der Waals surface area contributed by atoms with E-state index < -0.39 is 22.7 Å². The van der Waals surface area contributed by atoms with E-state index in [1.54, 1.807) is 11.0 Å². The van der Waals surface area contributed by atoms with E-state index in [-0.39, 0.29) is 29.3 Å². The van der Waals surface area contributed by atoms with Gasteiger partial charge in [0.15, 0.2) is 0 Å². The number of carbonyl (C=O) groups excluding carboxylic acids is 1. The molecule has 8 heteroatoms. The summed E-state index contributed by atoms with van der Waals surface area (Å²) in [4.78, 5) is 14.5. The van der Waals surface area contributed by atoms with Crippen LogP contribution in [-0.2, 0) is 10.2 Å². The summed E-state index contributed by atoms with van der Waals surface area (Å²) in [6.45, 7) is 11.6. The molecule has 1 aliphatic heterocycles. The van der Waals surface area contributed by atoms with Gasteiger partial charge in [-0.3, -0.25) is 0 Å². The van der Waals surface area contributed by atoms with E-state index in [1.165, 1.54) is 18.2 Å². The molecule has 174 valence electrons. The number of benzene rings is 1. The smallest absolute Gasteiger partial charge is 0.410 e. The molecule has 2 fully saturated rings. The highest BCUT2D eigenvalue weighted by Crippen LogP contribution is 2.61. The number of hydrogen-bond acceptors (Lipinski definition) is 5. The molecule has 1 saturated heterocycles. The highest BCUT2D eigenvalue weighted by molar-refractivity contribution is 5.69. The van der Waals surface area contributed by atoms with Gasteiger partial charge in [-0.1, -0.05) is 18.2 Å². The number of fused-ring (bicyclic) bond motifs is 5. The van der Waals surface area contributed by atoms with Crippen LogP contribution in [0, 0.1) is 11.6 Å². The van der Waals surface area contributed by atoms with Crippen molar-refractivity contribution >= 4 is 6.09 Å². The number of rotatable bonds is 2. The second kappa shape index (κ2) is 7.58. The Morgan fingerprint density at radius 1 is 1.27 bits per heavy atom. The van der Waals surface area contributed by atoms with Crippen LogP contribution in [0.15, 0.2) is 36.4 Å². The molecule has 2 aromatic rings. The van der Waals surface area contributed by atoms with Crippen LogP contribution in [0.2, 0.25) is 0 Å². The average Bonchev–Trinajstić information content (AvgIpc) is 3.21. The first kappa shape index (κ1) is 21.9. The molecule has 2 aliphatic carbocycles. The summed E-state index contributed by atoms with van der Waals surface area (Å²) >= 11 is 0. The van der Waals surface area contributed by atoms with Gasteiger partial charge in [0.25, 0.3) is 0 Å². The first-order chi connectivity index (χ1) is 15.6. The molecule has 1 N–H and O–H groups in total. The van der Waals surface area contributed by atoms with Gasteiger partial charge in [-0.2, -0.15) is 5.10 Å². The van der Waals surface area contributed by atoms with Gasteiger partial charge in [-0.15, -0.1) is 5.10 Å². The SMILES string of the molecule is C=C1[C@H]2CC[C@]1([C@@H]1CN(C(=O)OC(C)(C)C)CCN1)c1nnc(-c3c(F)cccc3F)cc12. The zero-order valence-corrected chi connectivity index (χ0v) is 19.1. The quantitative estimate of drug-likeness (QED) is 0.685. The normalized spacial score (nSPS) is 26.5. The van der Waals surface area contributed by atoms with Gasteiger partial charge in [-0.05, 0) is 57.4 Å². The van der Waals surface area contributed by atoms with Crippen LogP contribution in [0.25, 0.3) is 11.3 Å². The molecule has 3 atom stereocenters. The molecule has 33 heavy (non-hydrogen) atoms. The van der Waals surface area contributed by atoms with Crippen LogP contribution in [0.5, 0.6) is 0 Å². The van der Waals surface area contributed by atoms with Gasteiger partial charge in [0.2, 0.25) is 0 Å². The summed E-state index contributed by atoms with van der Waals surface area (Å²) in [5.74, 6) is -1.27. The van der Waals surface area contributed by atoms with Crippen molar-refractivity contribution in [2.75, 3.05) is 19.6 Å². The van der Waals surface area contributed by atoms with Gasteiger partial charge in [0.1, 0.15) is 17.2 Å². The highest BCUT2D eigenvalue weighted by Gasteiger charge is 2.58. The van der Waals surface area contributed by atoms with Crippen molar-refractivity contribution in [2.24, 2.45) is 0 Å². The van der Waals surface area contributed by atoms with Crippen LogP contribution < -0.4 is 5.32 Å². The topological polar surface area (TPSA) is 67.3 Å². The molecule has 2 bridgehead atoms. The summed E-state index contributed by atoms with van der Waals surface area (Å²) in [6.07, 6.45) is 1.38. The van der Waals surface area contributed by atoms with E-state index in [2.05, 4.69) is 22.1 Å². The lowest BCUT2D eigenvalue weighted by Crippen LogP contribution is -2.60. The molecule has 1 amide bonds. The van der Waals surface area contributed by atoms with Crippen molar-refractivity contribution in [3.8, 4) is 11.3 Å². The Hall–Kier alpha value is -2.87. The Kier molecular flexibility index (Phi) is 5.04. The number of piperazine rings is 1. The van der Waals surface area contributed by atoms with Crippen molar-refractivity contribution in [1.82, 2.24) is 20.4 Å². The van der Waals surface area contributed by atoms with Crippen molar-refractivity contribution in [2.45, 2.75) is 56.6 Å². The maximum atomic E-state index is 14.4. The monoisotopic (exact) mass is 454 g/mol. The zero-order valence-electron chi connectivity index (χ0n) is 19.1. The summed E-state index contributed by atoms with van der Waals surface area (Å²) in [7, 11) is 0. The maximum absolute atomic E-state index is 14.4. The molecule has 1 saturated carbocycles. The Bertz CT molecular complexity index is 1130. The van der Waals surface area contributed by atoms with E-state index in [9.17, 15) is 13.6 Å². The number of carbonyl (C=O) groups is 1. The van der Waals surface area contributed by atoms with Crippen molar-refractivity contribution < 1.29 is 18.3 Å². The summed E-state index contributed by atoms with van der Waals surface area (Å²) < 4.78 is 34.3. The van der Waals surface area contributed by atoms with E-state index in [0.29, 0.717) is 19.6 Å². The lowest BCUT2D eigenvalue weighted by Gasteiger charge is -2.43. The summed E-state index contributed by atoms with van der Waals surface area (Å²) in [5.41, 5.74) is 1.74. The Balaban J connectivity index is 1.49. The van der Waals surface area contributed by atoms with Crippen LogP contribution in [-0.4, -0.2) is 52.5 Å². The van der Waals surface area contributed by atoms with E-state index in [0.717, 1.165) is 29.7 Å². The minimum atomic E-state index is -0.664. The Morgan fingerprint density at radius 2 is 2.00 bits per heavy atom. The molecule has 0 unspecified atom stereocenters. The van der Waals surface area contributed by atoms with Crippen LogP contribution in [0.4, 0.5) is 13.6 Å². The Morgan fingerprint density at radius 3 is 2.70 bits per heavy atom. The van der Waals surface area contributed by atoms with Crippen LogP contribution >= 0.6 is 0 Å². The van der Waals surface area contributed by atoms with Gasteiger partial charge >= 0.3 is 6.09 Å². The third-order valence-electron chi connectivity index (χ3n) is 7.08.